The number of ether oxygens (including phenoxy) is 1. The summed E-state index contributed by atoms with van der Waals surface area (Å²) in [6, 6.07) is 6.66. The highest BCUT2D eigenvalue weighted by Gasteiger charge is 2.19. The fourth-order valence-corrected chi connectivity index (χ4v) is 5.90. The minimum Gasteiger partial charge on any atom is -0.445 e. The lowest BCUT2D eigenvalue weighted by molar-refractivity contribution is -0.126. The highest BCUT2D eigenvalue weighted by Crippen LogP contribution is 2.19. The average Bonchev–Trinajstić information content (AvgIpc) is 4.01. The number of rotatable bonds is 21. The van der Waals surface area contributed by atoms with Gasteiger partial charge in [0.05, 0.1) is 31.6 Å². The number of aromatic nitrogens is 4. The van der Waals surface area contributed by atoms with E-state index < -0.39 is 12.1 Å². The third-order valence-electron chi connectivity index (χ3n) is 8.92. The zero-order chi connectivity index (χ0) is 47.9. The van der Waals surface area contributed by atoms with Crippen LogP contribution in [-0.2, 0) is 40.1 Å². The number of nitrogens with zero attached hydrogens (tertiary/aromatic N) is 5. The first kappa shape index (κ1) is 55.8. The van der Waals surface area contributed by atoms with Gasteiger partial charge in [0.25, 0.3) is 0 Å². The molecule has 64 heavy (non-hydrogen) atoms. The number of carbonyl (C=O) groups excluding carboxylic acids is 7. The van der Waals surface area contributed by atoms with Gasteiger partial charge in [-0.1, -0.05) is 26.0 Å². The quantitative estimate of drug-likeness (QED) is 0.0411. The number of H-pyrrole nitrogens is 1. The van der Waals surface area contributed by atoms with Gasteiger partial charge in [0.15, 0.2) is 11.5 Å². The molecule has 3 atom stereocenters. The maximum absolute atomic E-state index is 11.7. The molecule has 1 aliphatic rings. The number of carbonyl (C=O) groups is 7. The molecule has 9 N–H and O–H groups in total. The second kappa shape index (κ2) is 32.5. The van der Waals surface area contributed by atoms with Gasteiger partial charge < -0.3 is 60.8 Å². The van der Waals surface area contributed by atoms with E-state index >= 15 is 0 Å². The number of benzene rings is 1. The number of aliphatic hydroxyl groups excluding tert-OH is 3. The zero-order valence-electron chi connectivity index (χ0n) is 37.1. The Bertz CT molecular complexity index is 1890. The number of anilines is 2. The van der Waals surface area contributed by atoms with Crippen LogP contribution in [0.15, 0.2) is 49.1 Å². The normalized spacial score (nSPS) is 13.0. The Labute approximate surface area is 376 Å². The first-order chi connectivity index (χ1) is 30.7. The summed E-state index contributed by atoms with van der Waals surface area (Å²) in [7, 11) is 2.59. The summed E-state index contributed by atoms with van der Waals surface area (Å²) in [5.74, 6) is 0.432. The molecule has 1 aromatic carbocycles. The number of likely N-dealkylation sites (tertiary alicyclic amines) is 1. The van der Waals surface area contributed by atoms with Crippen LogP contribution in [0.5, 0.6) is 0 Å². The van der Waals surface area contributed by atoms with E-state index in [4.69, 9.17) is 14.9 Å². The van der Waals surface area contributed by atoms with Crippen LogP contribution in [0.4, 0.5) is 16.3 Å². The molecule has 3 aromatic rings. The molecule has 3 unspecified atom stereocenters. The minimum absolute atomic E-state index is 0.0707. The number of allylic oxidation sites excluding steroid dienone is 1. The van der Waals surface area contributed by atoms with Gasteiger partial charge in [-0.15, -0.1) is 0 Å². The molecule has 6 amide bonds. The van der Waals surface area contributed by atoms with Gasteiger partial charge in [-0.25, -0.2) is 19.7 Å². The standard InChI is InChI=1S/C15H19N3O4.C13H22N2O3.C12H18N6O3S.CH4O/c19-11-16-9-14(20)17-13-5-3-12(4-6-13)10-22-15(21)18-7-1-2-8-18;1-10(2)11(3)14-12(17)7-8-15(4)13(18)6-5-9-16;1-7(20)17-8(3-19)2-9(21)4-22-18-12-10-11(14-5-13-10)15-6-16-12;1-2/h3-6,11H,1-2,7-10H2,(H,16,19)(H,17,20);5-6,9-11H,7-8H2,1-4H3,(H,14,17);5-6,8-9,19,21H,2-4H2,1H3,(H,17,20)(H2,13,14,15,16,18);2H,1H3/b;6-5-;;. The Morgan fingerprint density at radius 1 is 1.00 bits per heavy atom. The van der Waals surface area contributed by atoms with E-state index in [1.165, 1.54) is 42.5 Å². The number of imidazole rings is 1. The Balaban J connectivity index is 0.000000474. The van der Waals surface area contributed by atoms with Crippen molar-refractivity contribution in [2.75, 3.05) is 62.7 Å². The summed E-state index contributed by atoms with van der Waals surface area (Å²) in [5, 5.41) is 36.4. The van der Waals surface area contributed by atoms with Gasteiger partial charge in [-0.05, 0) is 67.8 Å². The number of amides is 6. The number of hydrogen-bond acceptors (Lipinski definition) is 16. The zero-order valence-corrected chi connectivity index (χ0v) is 37.9. The van der Waals surface area contributed by atoms with E-state index in [0.29, 0.717) is 53.6 Å². The number of fused-ring (bicyclic) bond motifs is 1. The number of aromatic amines is 1. The first-order valence-electron chi connectivity index (χ1n) is 20.3. The molecule has 2 aromatic heterocycles. The van der Waals surface area contributed by atoms with Crippen molar-refractivity contribution in [3.63, 3.8) is 0 Å². The molecule has 0 aliphatic carbocycles. The number of likely N-dealkylation sites (N-methyl/N-ethyl adjacent to an activating group) is 1. The fourth-order valence-electron chi connectivity index (χ4n) is 5.19. The Hall–Kier alpha value is -6.17. The third kappa shape index (κ3) is 23.3. The van der Waals surface area contributed by atoms with Crippen molar-refractivity contribution in [2.45, 2.75) is 78.2 Å². The molecule has 0 bridgehead atoms. The predicted octanol–water partition coefficient (Wildman–Crippen LogP) is 1.12. The van der Waals surface area contributed by atoms with Gasteiger partial charge in [-0.3, -0.25) is 28.8 Å². The predicted molar refractivity (Wildman–Crippen MR) is 241 cm³/mol. The largest absolute Gasteiger partial charge is 0.445 e. The Morgan fingerprint density at radius 3 is 2.30 bits per heavy atom. The summed E-state index contributed by atoms with van der Waals surface area (Å²) in [5.41, 5.74) is 2.71. The van der Waals surface area contributed by atoms with Gasteiger partial charge >= 0.3 is 6.09 Å². The number of aldehydes is 1. The van der Waals surface area contributed by atoms with Gasteiger partial charge in [0.2, 0.25) is 30.0 Å². The molecule has 4 rings (SSSR count). The lowest BCUT2D eigenvalue weighted by atomic mass is 10.1. The molecule has 22 nitrogen and oxygen atoms in total. The highest BCUT2D eigenvalue weighted by molar-refractivity contribution is 8.00. The molecule has 354 valence electrons. The third-order valence-corrected chi connectivity index (χ3v) is 9.81. The van der Waals surface area contributed by atoms with E-state index in [-0.39, 0.29) is 68.4 Å². The van der Waals surface area contributed by atoms with Crippen molar-refractivity contribution in [2.24, 2.45) is 5.92 Å². The summed E-state index contributed by atoms with van der Waals surface area (Å²) in [4.78, 5) is 95.4. The summed E-state index contributed by atoms with van der Waals surface area (Å²) in [6.07, 6.45) is 7.90. The van der Waals surface area contributed by atoms with Crippen LogP contribution in [0.1, 0.15) is 58.9 Å². The Kier molecular flexibility index (Phi) is 28.4. The highest BCUT2D eigenvalue weighted by atomic mass is 32.2. The van der Waals surface area contributed by atoms with Crippen molar-refractivity contribution in [3.8, 4) is 0 Å². The van der Waals surface area contributed by atoms with Crippen molar-refractivity contribution >= 4 is 77.0 Å². The molecule has 1 aliphatic heterocycles. The first-order valence-corrected chi connectivity index (χ1v) is 21.3. The van der Waals surface area contributed by atoms with Crippen LogP contribution in [0.2, 0.25) is 0 Å². The average molecular weight is 918 g/mol. The van der Waals surface area contributed by atoms with Crippen molar-refractivity contribution < 1.29 is 53.6 Å². The lowest BCUT2D eigenvalue weighted by Gasteiger charge is -2.19. The second-order valence-corrected chi connectivity index (χ2v) is 15.1. The molecule has 0 spiro atoms. The number of hydrogen-bond donors (Lipinski definition) is 9. The van der Waals surface area contributed by atoms with Gasteiger partial charge in [0, 0.05) is 70.7 Å². The van der Waals surface area contributed by atoms with Gasteiger partial charge in [-0.2, -0.15) is 0 Å². The van der Waals surface area contributed by atoms with E-state index in [1.54, 1.807) is 36.2 Å². The van der Waals surface area contributed by atoms with Crippen LogP contribution in [0.3, 0.4) is 0 Å². The smallest absolute Gasteiger partial charge is 0.410 e. The van der Waals surface area contributed by atoms with E-state index in [2.05, 4.69) is 45.9 Å². The monoisotopic (exact) mass is 917 g/mol. The SMILES string of the molecule is CC(=O)NC(CO)CC(O)CSNc1ncnc2nc[nH]c12.CC(C)C(C)NC(=O)CCN(C)C(=O)/C=C\C=O.CO.O=CNCC(=O)Nc1ccc(COC(=O)N2CCCC2)cc1. The minimum atomic E-state index is -0.680. The van der Waals surface area contributed by atoms with E-state index in [9.17, 15) is 38.7 Å². The summed E-state index contributed by atoms with van der Waals surface area (Å²) in [6.45, 7) is 9.16. The molecule has 1 saturated heterocycles. The van der Waals surface area contributed by atoms with Crippen molar-refractivity contribution in [3.05, 3.63) is 54.6 Å². The summed E-state index contributed by atoms with van der Waals surface area (Å²) >= 11 is 1.27. The van der Waals surface area contributed by atoms with Crippen LogP contribution in [0, 0.1) is 5.92 Å². The lowest BCUT2D eigenvalue weighted by Crippen LogP contribution is -2.39. The van der Waals surface area contributed by atoms with E-state index in [1.807, 2.05) is 20.8 Å². The van der Waals surface area contributed by atoms with Crippen LogP contribution in [-0.4, -0.2) is 158 Å². The topological polar surface area (TPSA) is 310 Å². The molecule has 0 saturated carbocycles. The van der Waals surface area contributed by atoms with Crippen LogP contribution < -0.4 is 26.0 Å². The number of nitrogens with one attached hydrogen (secondary N) is 6. The number of aliphatic hydroxyl groups is 3. The molecular weight excluding hydrogens is 855 g/mol. The van der Waals surface area contributed by atoms with Gasteiger partial charge in [0.1, 0.15) is 24.7 Å². The molecule has 3 heterocycles. The maximum atomic E-state index is 11.7. The Morgan fingerprint density at radius 2 is 1.69 bits per heavy atom. The molecule has 0 radical (unpaired) electrons. The van der Waals surface area contributed by atoms with Crippen molar-refractivity contribution in [1.82, 2.24) is 45.7 Å². The second-order valence-electron chi connectivity index (χ2n) is 14.3. The summed E-state index contributed by atoms with van der Waals surface area (Å²) < 4.78 is 8.26. The van der Waals surface area contributed by atoms with E-state index in [0.717, 1.165) is 44.7 Å². The molecule has 1 fully saturated rings. The van der Waals surface area contributed by atoms with Crippen LogP contribution in [0.25, 0.3) is 11.2 Å². The van der Waals surface area contributed by atoms with Crippen molar-refractivity contribution in [1.29, 1.82) is 0 Å². The fraction of sp³-hybridized carbons (Fsp3) is 0.512. The van der Waals surface area contributed by atoms with Crippen LogP contribution >= 0.6 is 11.9 Å². The maximum Gasteiger partial charge on any atom is 0.410 e. The molecular formula is C41H63N11O11S. The molecule has 23 heteroatoms.